The average Bonchev–Trinajstić information content (AvgIpc) is 2.94. The van der Waals surface area contributed by atoms with Gasteiger partial charge < -0.3 is 19.1 Å². The lowest BCUT2D eigenvalue weighted by Crippen LogP contribution is -2.43. The minimum absolute atomic E-state index is 0.00584. The number of amides is 1. The van der Waals surface area contributed by atoms with Crippen LogP contribution >= 0.6 is 43.5 Å². The van der Waals surface area contributed by atoms with E-state index >= 15 is 0 Å². The van der Waals surface area contributed by atoms with Crippen LogP contribution < -0.4 is 15.0 Å². The topological polar surface area (TPSA) is 95.2 Å². The van der Waals surface area contributed by atoms with Crippen LogP contribution in [-0.4, -0.2) is 66.2 Å². The summed E-state index contributed by atoms with van der Waals surface area (Å²) < 4.78 is 19.5. The van der Waals surface area contributed by atoms with Crippen LogP contribution in [0.4, 0.5) is 0 Å². The van der Waals surface area contributed by atoms with Gasteiger partial charge in [-0.05, 0) is 53.5 Å². The number of hydrogen-bond donors (Lipinski definition) is 0. The van der Waals surface area contributed by atoms with Crippen LogP contribution in [-0.2, 0) is 9.53 Å². The third-order valence-electron chi connectivity index (χ3n) is 6.36. The lowest BCUT2D eigenvalue weighted by molar-refractivity contribution is -0.137. The highest BCUT2D eigenvalue weighted by molar-refractivity contribution is 9.10. The van der Waals surface area contributed by atoms with Crippen molar-refractivity contribution in [2.45, 2.75) is 33.1 Å². The smallest absolute Gasteiger partial charge is 0.282 e. The fraction of sp³-hybridized carbons (Fsp3) is 0.407. The molecular formula is C27H29Br2ClN4O5. The number of morpholine rings is 1. The molecule has 1 aromatic heterocycles. The summed E-state index contributed by atoms with van der Waals surface area (Å²) in [5, 5.41) is 5.22. The first kappa shape index (κ1) is 29.5. The minimum atomic E-state index is -0.276. The zero-order valence-electron chi connectivity index (χ0n) is 21.9. The number of ether oxygens (including phenoxy) is 3. The van der Waals surface area contributed by atoms with Crippen molar-refractivity contribution in [3.05, 3.63) is 60.0 Å². The maximum absolute atomic E-state index is 13.5. The number of aromatic nitrogens is 2. The Hall–Kier alpha value is -2.47. The quantitative estimate of drug-likeness (QED) is 0.272. The maximum Gasteiger partial charge on any atom is 0.282 e. The van der Waals surface area contributed by atoms with E-state index in [0.29, 0.717) is 65.4 Å². The number of halogens is 3. The molecule has 0 spiro atoms. The van der Waals surface area contributed by atoms with Crippen molar-refractivity contribution in [3.63, 3.8) is 0 Å². The minimum Gasteiger partial charge on any atom is -0.490 e. The molecule has 1 atom stereocenters. The van der Waals surface area contributed by atoms with Gasteiger partial charge in [-0.2, -0.15) is 9.78 Å². The fourth-order valence-corrected chi connectivity index (χ4v) is 5.05. The first-order valence-electron chi connectivity index (χ1n) is 12.6. The Balaban J connectivity index is 1.70. The second-order valence-electron chi connectivity index (χ2n) is 8.94. The lowest BCUT2D eigenvalue weighted by atomic mass is 10.1. The largest absolute Gasteiger partial charge is 0.490 e. The number of carbonyl (C=O) groups is 1. The van der Waals surface area contributed by atoms with Gasteiger partial charge in [0.05, 0.1) is 36.9 Å². The number of carbonyl (C=O) groups excluding carboxylic acids is 1. The number of fused-ring (bicyclic) bond motifs is 1. The zero-order valence-corrected chi connectivity index (χ0v) is 25.8. The molecule has 1 saturated heterocycles. The Morgan fingerprint density at radius 1 is 1.23 bits per heavy atom. The van der Waals surface area contributed by atoms with Crippen LogP contribution in [0.15, 0.2) is 43.1 Å². The van der Waals surface area contributed by atoms with Crippen LogP contribution in [0.5, 0.6) is 11.5 Å². The van der Waals surface area contributed by atoms with Gasteiger partial charge in [0, 0.05) is 33.5 Å². The molecule has 9 nitrogen and oxygen atoms in total. The van der Waals surface area contributed by atoms with Crippen molar-refractivity contribution in [1.29, 1.82) is 0 Å². The van der Waals surface area contributed by atoms with Gasteiger partial charge >= 0.3 is 0 Å². The van der Waals surface area contributed by atoms with Gasteiger partial charge in [0.1, 0.15) is 10.8 Å². The molecule has 1 aliphatic rings. The van der Waals surface area contributed by atoms with Crippen LogP contribution in [0, 0.1) is 0 Å². The van der Waals surface area contributed by atoms with E-state index in [1.165, 1.54) is 10.9 Å². The highest BCUT2D eigenvalue weighted by Gasteiger charge is 2.22. The summed E-state index contributed by atoms with van der Waals surface area (Å²) in [6.07, 6.45) is 2.31. The van der Waals surface area contributed by atoms with E-state index in [2.05, 4.69) is 37.0 Å². The number of hydrogen-bond acceptors (Lipinski definition) is 7. The van der Waals surface area contributed by atoms with E-state index < -0.39 is 0 Å². The molecule has 208 valence electrons. The monoisotopic (exact) mass is 682 g/mol. The predicted molar refractivity (Wildman–Crippen MR) is 159 cm³/mol. The second-order valence-corrected chi connectivity index (χ2v) is 11.0. The molecule has 1 aliphatic heterocycles. The molecular weight excluding hydrogens is 656 g/mol. The van der Waals surface area contributed by atoms with Crippen molar-refractivity contribution in [1.82, 2.24) is 14.6 Å². The van der Waals surface area contributed by atoms with E-state index in [-0.39, 0.29) is 34.8 Å². The Kier molecular flexibility index (Phi) is 10.0. The van der Waals surface area contributed by atoms with E-state index in [9.17, 15) is 9.59 Å². The fourth-order valence-electron chi connectivity index (χ4n) is 4.03. The highest BCUT2D eigenvalue weighted by atomic mass is 79.9. The van der Waals surface area contributed by atoms with Gasteiger partial charge in [0.15, 0.2) is 18.1 Å². The summed E-state index contributed by atoms with van der Waals surface area (Å²) in [7, 11) is 0. The van der Waals surface area contributed by atoms with Crippen molar-refractivity contribution in [2.24, 2.45) is 5.10 Å². The summed E-state index contributed by atoms with van der Waals surface area (Å²) in [5.74, 6) is 0.998. The van der Waals surface area contributed by atoms with Crippen LogP contribution in [0.1, 0.15) is 44.5 Å². The normalized spacial score (nSPS) is 14.7. The molecule has 4 rings (SSSR count). The second kappa shape index (κ2) is 13.3. The van der Waals surface area contributed by atoms with E-state index in [1.54, 1.807) is 17.0 Å². The Morgan fingerprint density at radius 3 is 2.67 bits per heavy atom. The summed E-state index contributed by atoms with van der Waals surface area (Å²) >= 11 is 13.6. The molecule has 1 fully saturated rings. The molecule has 0 unspecified atom stereocenters. The summed E-state index contributed by atoms with van der Waals surface area (Å²) in [6.45, 7) is 8.08. The third kappa shape index (κ3) is 6.65. The van der Waals surface area contributed by atoms with Gasteiger partial charge in [-0.15, -0.1) is 0 Å². The van der Waals surface area contributed by atoms with Gasteiger partial charge in [-0.25, -0.2) is 4.98 Å². The average molecular weight is 685 g/mol. The lowest BCUT2D eigenvalue weighted by Gasteiger charge is -2.27. The first-order chi connectivity index (χ1) is 18.7. The summed E-state index contributed by atoms with van der Waals surface area (Å²) in [5.41, 5.74) is 0.897. The first-order valence-corrected chi connectivity index (χ1v) is 14.6. The molecule has 2 heterocycles. The van der Waals surface area contributed by atoms with Crippen molar-refractivity contribution < 1.29 is 19.0 Å². The van der Waals surface area contributed by atoms with Crippen molar-refractivity contribution >= 4 is 66.5 Å². The molecule has 0 bridgehead atoms. The van der Waals surface area contributed by atoms with Crippen LogP contribution in [0.3, 0.4) is 0 Å². The third-order valence-corrected chi connectivity index (χ3v) is 8.29. The van der Waals surface area contributed by atoms with Gasteiger partial charge in [0.2, 0.25) is 0 Å². The van der Waals surface area contributed by atoms with Gasteiger partial charge in [-0.1, -0.05) is 41.4 Å². The zero-order chi connectivity index (χ0) is 28.1. The van der Waals surface area contributed by atoms with E-state index in [1.807, 2.05) is 32.9 Å². The Morgan fingerprint density at radius 2 is 1.97 bits per heavy atom. The van der Waals surface area contributed by atoms with Gasteiger partial charge in [-0.3, -0.25) is 9.59 Å². The molecule has 0 radical (unpaired) electrons. The molecule has 2 aromatic carbocycles. The number of rotatable bonds is 9. The SMILES string of the molecule is CCOc1cc(C=Nn2c([C@@H](C)CC)nc3ccc(Br)cc3c2=O)c(Br)c(Cl)c1OCC(=O)N1CCOCC1. The maximum atomic E-state index is 13.5. The number of nitrogens with zero attached hydrogens (tertiary/aromatic N) is 4. The molecule has 1 amide bonds. The predicted octanol–water partition coefficient (Wildman–Crippen LogP) is 5.61. The van der Waals surface area contributed by atoms with E-state index in [0.717, 1.165) is 10.9 Å². The molecule has 12 heteroatoms. The van der Waals surface area contributed by atoms with Crippen molar-refractivity contribution in [3.8, 4) is 11.5 Å². The highest BCUT2D eigenvalue weighted by Crippen LogP contribution is 2.42. The van der Waals surface area contributed by atoms with Crippen LogP contribution in [0.25, 0.3) is 10.9 Å². The molecule has 39 heavy (non-hydrogen) atoms. The summed E-state index contributed by atoms with van der Waals surface area (Å²) in [4.78, 5) is 32.5. The molecule has 0 N–H and O–H groups in total. The molecule has 3 aromatic rings. The molecule has 0 aliphatic carbocycles. The Labute approximate surface area is 248 Å². The molecule has 0 saturated carbocycles. The van der Waals surface area contributed by atoms with E-state index in [4.69, 9.17) is 30.8 Å². The van der Waals surface area contributed by atoms with Crippen molar-refractivity contribution in [2.75, 3.05) is 39.5 Å². The van der Waals surface area contributed by atoms with Gasteiger partial charge in [0.25, 0.3) is 11.5 Å². The van der Waals surface area contributed by atoms with Crippen LogP contribution in [0.2, 0.25) is 5.02 Å². The summed E-state index contributed by atoms with van der Waals surface area (Å²) in [6, 6.07) is 7.11. The standard InChI is InChI=1S/C27H29Br2ClN4O5/c1-4-16(3)26-32-20-7-6-18(28)13-19(20)27(36)34(26)31-14-17-12-21(38-5-2)25(24(30)23(17)29)39-15-22(35)33-8-10-37-11-9-33/h6-7,12-14,16H,4-5,8-11,15H2,1-3H3/t16-/m0/s1. The Bertz CT molecular complexity index is 1460. The number of benzene rings is 2.